The molecule has 0 aromatic carbocycles. The lowest BCUT2D eigenvalue weighted by Gasteiger charge is -2.39. The van der Waals surface area contributed by atoms with Crippen LogP contribution in [-0.4, -0.2) is 167 Å². The Balaban J connectivity index is 0.000000174. The zero-order chi connectivity index (χ0) is 45.6. The van der Waals surface area contributed by atoms with Crippen molar-refractivity contribution in [3.05, 3.63) is 23.4 Å². The van der Waals surface area contributed by atoms with Crippen LogP contribution in [0.2, 0.25) is 0 Å². The van der Waals surface area contributed by atoms with Gasteiger partial charge in [-0.3, -0.25) is 9.80 Å². The molecule has 5 saturated heterocycles. The summed E-state index contributed by atoms with van der Waals surface area (Å²) < 4.78 is 99.0. The molecule has 0 aromatic rings. The van der Waals surface area contributed by atoms with Gasteiger partial charge in [-0.25, -0.2) is 0 Å². The maximum Gasteiger partial charge on any atom is 0.534 e. The van der Waals surface area contributed by atoms with Crippen molar-refractivity contribution >= 4 is 31.3 Å². The van der Waals surface area contributed by atoms with Crippen LogP contribution >= 0.6 is 0 Å². The van der Waals surface area contributed by atoms with E-state index in [1.807, 2.05) is 62.4 Å². The topological polar surface area (TPSA) is 112 Å². The molecular formula is C41H74B3F3N4O9S. The molecule has 0 bridgehead atoms. The molecule has 7 aliphatic rings. The molecule has 13 nitrogen and oxygen atoms in total. The molecular weight excluding hydrogens is 814 g/mol. The Morgan fingerprint density at radius 3 is 1.23 bits per heavy atom. The number of hydrogen-bond donors (Lipinski definition) is 0. The number of halogens is 3. The van der Waals surface area contributed by atoms with Gasteiger partial charge in [0.25, 0.3) is 0 Å². The first-order valence-corrected chi connectivity index (χ1v) is 23.6. The van der Waals surface area contributed by atoms with Crippen LogP contribution in [0.4, 0.5) is 13.2 Å². The second-order valence-corrected chi connectivity index (χ2v) is 22.3. The first-order chi connectivity index (χ1) is 27.9. The van der Waals surface area contributed by atoms with Gasteiger partial charge in [-0.05, 0) is 141 Å². The van der Waals surface area contributed by atoms with Gasteiger partial charge in [-0.15, -0.1) is 0 Å². The van der Waals surface area contributed by atoms with E-state index in [4.69, 9.17) is 27.9 Å². The van der Waals surface area contributed by atoms with Crippen LogP contribution in [-0.2, 0) is 42.2 Å². The smallest absolute Gasteiger partial charge is 0.405 e. The summed E-state index contributed by atoms with van der Waals surface area (Å²) in [7, 11) is -2.36. The summed E-state index contributed by atoms with van der Waals surface area (Å²) in [5.41, 5.74) is -5.92. The predicted molar refractivity (Wildman–Crippen MR) is 234 cm³/mol. The molecule has 0 spiro atoms. The maximum absolute atomic E-state index is 12.2. The van der Waals surface area contributed by atoms with Crippen molar-refractivity contribution in [2.75, 3.05) is 66.5 Å². The van der Waals surface area contributed by atoms with Crippen molar-refractivity contribution in [1.29, 1.82) is 0 Å². The van der Waals surface area contributed by atoms with Gasteiger partial charge in [0.1, 0.15) is 5.76 Å². The van der Waals surface area contributed by atoms with Gasteiger partial charge in [0, 0.05) is 70.9 Å². The van der Waals surface area contributed by atoms with Crippen LogP contribution in [0, 0.1) is 0 Å². The third-order valence-corrected chi connectivity index (χ3v) is 15.7. The third kappa shape index (κ3) is 12.0. The van der Waals surface area contributed by atoms with Crippen molar-refractivity contribution in [3.8, 4) is 0 Å². The largest absolute Gasteiger partial charge is 0.534 e. The molecule has 5 fully saturated rings. The summed E-state index contributed by atoms with van der Waals surface area (Å²) >= 11 is 0. The first-order valence-electron chi connectivity index (χ1n) is 22.2. The van der Waals surface area contributed by atoms with E-state index in [-0.39, 0.29) is 58.9 Å². The van der Waals surface area contributed by atoms with E-state index in [0.717, 1.165) is 39.0 Å². The van der Waals surface area contributed by atoms with E-state index in [9.17, 15) is 21.6 Å². The third-order valence-electron chi connectivity index (χ3n) is 14.7. The predicted octanol–water partition coefficient (Wildman–Crippen LogP) is 6.13. The van der Waals surface area contributed by atoms with Gasteiger partial charge in [-0.2, -0.15) is 21.6 Å². The van der Waals surface area contributed by atoms with E-state index >= 15 is 0 Å². The number of hydrogen-bond acceptors (Lipinski definition) is 13. The minimum Gasteiger partial charge on any atom is -0.405 e. The zero-order valence-corrected chi connectivity index (χ0v) is 40.3. The number of nitrogens with zero attached hydrogens (tertiary/aromatic N) is 4. The van der Waals surface area contributed by atoms with Gasteiger partial charge in [0.05, 0.1) is 33.6 Å². The van der Waals surface area contributed by atoms with Crippen LogP contribution in [0.3, 0.4) is 0 Å². The summed E-state index contributed by atoms with van der Waals surface area (Å²) in [5, 5.41) is 0. The highest BCUT2D eigenvalue weighted by atomic mass is 32.2. The SMILES string of the molecule is CC1(C)OB(B2OC(C)(C)C(C)(C)O2)OC1(C)C.CN1CCN(C2CC=C(B3OC(C)(C)C(C)(C)O3)CC2)CC1.CN1CCN(C2CC=C(OS(=O)(=O)C(F)(F)F)CC2)CC1. The van der Waals surface area contributed by atoms with E-state index in [1.165, 1.54) is 44.1 Å². The van der Waals surface area contributed by atoms with Crippen molar-refractivity contribution in [2.24, 2.45) is 0 Å². The number of rotatable bonds is 6. The molecule has 2 aliphatic carbocycles. The maximum atomic E-state index is 12.2. The summed E-state index contributed by atoms with van der Waals surface area (Å²) in [5.74, 6) is -0.0993. The highest BCUT2D eigenvalue weighted by Crippen LogP contribution is 2.44. The van der Waals surface area contributed by atoms with Gasteiger partial charge in [0.2, 0.25) is 0 Å². The molecule has 0 amide bonds. The Morgan fingerprint density at radius 2 is 0.918 bits per heavy atom. The Bertz CT molecular complexity index is 1600. The van der Waals surface area contributed by atoms with Crippen molar-refractivity contribution < 1.29 is 53.7 Å². The molecule has 0 radical (unpaired) electrons. The van der Waals surface area contributed by atoms with Crippen LogP contribution in [0.5, 0.6) is 0 Å². The average Bonchev–Trinajstić information content (AvgIpc) is 3.62. The molecule has 2 unspecified atom stereocenters. The fourth-order valence-corrected chi connectivity index (χ4v) is 8.67. The number of alkyl halides is 3. The average molecular weight is 889 g/mol. The quantitative estimate of drug-likeness (QED) is 0.174. The second kappa shape index (κ2) is 18.6. The fraction of sp³-hybridized carbons (Fsp3) is 0.902. The molecule has 7 rings (SSSR count). The first kappa shape index (κ1) is 50.8. The van der Waals surface area contributed by atoms with Gasteiger partial charge >= 0.3 is 36.8 Å². The minimum atomic E-state index is -5.54. The van der Waals surface area contributed by atoms with E-state index in [0.29, 0.717) is 18.9 Å². The molecule has 2 atom stereocenters. The Labute approximate surface area is 366 Å². The summed E-state index contributed by atoms with van der Waals surface area (Å²) in [6, 6.07) is 0.958. The highest BCUT2D eigenvalue weighted by Gasteiger charge is 2.64. The molecule has 5 aliphatic heterocycles. The molecule has 20 heteroatoms. The van der Waals surface area contributed by atoms with E-state index in [1.54, 1.807) is 0 Å². The summed E-state index contributed by atoms with van der Waals surface area (Å²) in [4.78, 5) is 9.60. The van der Waals surface area contributed by atoms with Crippen molar-refractivity contribution in [2.45, 2.75) is 173 Å². The normalized spacial score (nSPS) is 30.5. The molecule has 348 valence electrons. The summed E-state index contributed by atoms with van der Waals surface area (Å²) in [6.45, 7) is 33.3. The van der Waals surface area contributed by atoms with E-state index in [2.05, 4.69) is 64.6 Å². The summed E-state index contributed by atoms with van der Waals surface area (Å²) in [6.07, 6.45) is 8.68. The molecule has 61 heavy (non-hydrogen) atoms. The van der Waals surface area contributed by atoms with Gasteiger partial charge in [0.15, 0.2) is 0 Å². The van der Waals surface area contributed by atoms with Crippen molar-refractivity contribution in [1.82, 2.24) is 19.6 Å². The molecule has 5 heterocycles. The lowest BCUT2D eigenvalue weighted by Crippen LogP contribution is -2.49. The Kier molecular flexibility index (Phi) is 15.5. The molecule has 0 aromatic heterocycles. The van der Waals surface area contributed by atoms with Crippen LogP contribution in [0.15, 0.2) is 23.4 Å². The minimum absolute atomic E-state index is 0.0993. The second-order valence-electron chi connectivity index (χ2n) is 20.8. The lowest BCUT2D eigenvalue weighted by molar-refractivity contribution is -0.0525. The van der Waals surface area contributed by atoms with Crippen LogP contribution in [0.1, 0.15) is 122 Å². The van der Waals surface area contributed by atoms with Crippen molar-refractivity contribution in [3.63, 3.8) is 0 Å². The standard InChI is InChI=1S/C17H31BN2O2.C12H24B2O4.C12H19F3N2O3S/c1-16(2)17(3,4)22-18(21-16)14-6-8-15(9-7-14)20-12-10-19(5)11-13-20;1-9(2)10(3,4)16-13(15-9)14-17-11(5,6)12(7,8)18-14;1-16-6-8-17(9-7-16)10-2-4-11(5-3-10)20-21(18,19)12(13,14)15/h6,15H,7-13H2,1-5H3;1-8H3;4,10H,2-3,5-9H2,1H3. The van der Waals surface area contributed by atoms with E-state index < -0.39 is 29.6 Å². The van der Waals surface area contributed by atoms with Crippen LogP contribution < -0.4 is 0 Å². The number of likely N-dealkylation sites (N-methyl/N-ethyl adjacent to an activating group) is 2. The number of piperazine rings is 2. The number of allylic oxidation sites excluding steroid dienone is 2. The monoisotopic (exact) mass is 889 g/mol. The molecule has 0 N–H and O–H groups in total. The fourth-order valence-electron chi connectivity index (χ4n) is 8.15. The van der Waals surface area contributed by atoms with Crippen LogP contribution in [0.25, 0.3) is 0 Å². The zero-order valence-electron chi connectivity index (χ0n) is 39.4. The highest BCUT2D eigenvalue weighted by molar-refractivity contribution is 7.87. The van der Waals surface area contributed by atoms with Gasteiger partial charge in [-0.1, -0.05) is 6.08 Å². The Morgan fingerprint density at radius 1 is 0.574 bits per heavy atom. The van der Waals surface area contributed by atoms with Gasteiger partial charge < -0.3 is 41.9 Å². The Hall–Kier alpha value is -1.19. The lowest BCUT2D eigenvalue weighted by atomic mass is 9.49. The molecule has 0 saturated carbocycles.